The lowest BCUT2D eigenvalue weighted by Gasteiger charge is -2.11. The first-order chi connectivity index (χ1) is 8.86. The van der Waals surface area contributed by atoms with E-state index < -0.39 is 0 Å². The van der Waals surface area contributed by atoms with Gasteiger partial charge in [-0.3, -0.25) is 0 Å². The van der Waals surface area contributed by atoms with Crippen LogP contribution in [0.15, 0.2) is 42.5 Å². The molecule has 1 aromatic rings. The molecule has 1 rings (SSSR count). The van der Waals surface area contributed by atoms with Crippen LogP contribution in [0.1, 0.15) is 31.2 Å². The Hall–Kier alpha value is -1.41. The van der Waals surface area contributed by atoms with Crippen LogP contribution < -0.4 is 5.32 Å². The predicted octanol–water partition coefficient (Wildman–Crippen LogP) is 3.13. The molecule has 0 radical (unpaired) electrons. The minimum Gasteiger partial charge on any atom is -0.314 e. The molecule has 0 aromatic heterocycles. The number of carbonyl (C=O) groups is 1. The average molecular weight is 245 g/mol. The SMILES string of the molecule is CNC(/C=C/CCC=O)CCCc1ccccc1. The molecular formula is C16H23NO. The van der Waals surface area contributed by atoms with E-state index in [1.54, 1.807) is 0 Å². The summed E-state index contributed by atoms with van der Waals surface area (Å²) in [7, 11) is 1.98. The van der Waals surface area contributed by atoms with Crippen molar-refractivity contribution in [1.29, 1.82) is 0 Å². The monoisotopic (exact) mass is 245 g/mol. The Morgan fingerprint density at radius 3 is 2.67 bits per heavy atom. The quantitative estimate of drug-likeness (QED) is 0.411. The van der Waals surface area contributed by atoms with E-state index in [0.29, 0.717) is 12.5 Å². The molecule has 0 saturated carbocycles. The van der Waals surface area contributed by atoms with Gasteiger partial charge in [-0.1, -0.05) is 42.5 Å². The van der Waals surface area contributed by atoms with Crippen LogP contribution in [0.5, 0.6) is 0 Å². The van der Waals surface area contributed by atoms with Crippen LogP contribution in [-0.2, 0) is 11.2 Å². The normalized spacial score (nSPS) is 12.7. The highest BCUT2D eigenvalue weighted by Crippen LogP contribution is 2.07. The molecular weight excluding hydrogens is 222 g/mol. The van der Waals surface area contributed by atoms with Crippen molar-refractivity contribution in [2.75, 3.05) is 7.05 Å². The van der Waals surface area contributed by atoms with Crippen LogP contribution in [0.25, 0.3) is 0 Å². The first kappa shape index (κ1) is 14.7. The minimum atomic E-state index is 0.417. The van der Waals surface area contributed by atoms with Gasteiger partial charge in [-0.25, -0.2) is 0 Å². The molecule has 1 aromatic carbocycles. The Morgan fingerprint density at radius 2 is 2.00 bits per heavy atom. The zero-order chi connectivity index (χ0) is 13.1. The summed E-state index contributed by atoms with van der Waals surface area (Å²) < 4.78 is 0. The van der Waals surface area contributed by atoms with Gasteiger partial charge in [0.25, 0.3) is 0 Å². The first-order valence-corrected chi connectivity index (χ1v) is 6.68. The van der Waals surface area contributed by atoms with Gasteiger partial charge in [0.15, 0.2) is 0 Å². The smallest absolute Gasteiger partial charge is 0.120 e. The lowest BCUT2D eigenvalue weighted by Crippen LogP contribution is -2.22. The predicted molar refractivity (Wildman–Crippen MR) is 76.7 cm³/mol. The number of aryl methyl sites for hydroxylation is 1. The Labute approximate surface area is 110 Å². The first-order valence-electron chi connectivity index (χ1n) is 6.68. The summed E-state index contributed by atoms with van der Waals surface area (Å²) in [6.45, 7) is 0. The van der Waals surface area contributed by atoms with Gasteiger partial charge in [0, 0.05) is 12.5 Å². The summed E-state index contributed by atoms with van der Waals surface area (Å²) in [5, 5.41) is 3.29. The third-order valence-corrected chi connectivity index (χ3v) is 3.01. The maximum absolute atomic E-state index is 10.2. The van der Waals surface area contributed by atoms with Crippen LogP contribution in [0, 0.1) is 0 Å². The number of allylic oxidation sites excluding steroid dienone is 1. The molecule has 1 unspecified atom stereocenters. The number of hydrogen-bond acceptors (Lipinski definition) is 2. The molecule has 1 atom stereocenters. The Balaban J connectivity index is 2.23. The number of carbonyl (C=O) groups excluding carboxylic acids is 1. The van der Waals surface area contributed by atoms with Crippen molar-refractivity contribution in [3.05, 3.63) is 48.0 Å². The van der Waals surface area contributed by atoms with E-state index in [0.717, 1.165) is 25.5 Å². The van der Waals surface area contributed by atoms with Crippen LogP contribution in [0.3, 0.4) is 0 Å². The second-order valence-electron chi connectivity index (χ2n) is 4.45. The summed E-state index contributed by atoms with van der Waals surface area (Å²) in [4.78, 5) is 10.2. The Bertz CT molecular complexity index is 345. The molecule has 0 aliphatic rings. The minimum absolute atomic E-state index is 0.417. The van der Waals surface area contributed by atoms with Crippen molar-refractivity contribution < 1.29 is 4.79 Å². The fourth-order valence-electron chi connectivity index (χ4n) is 1.93. The Kier molecular flexibility index (Phi) is 7.82. The fraction of sp³-hybridized carbons (Fsp3) is 0.438. The maximum atomic E-state index is 10.2. The molecule has 2 nitrogen and oxygen atoms in total. The highest BCUT2D eigenvalue weighted by atomic mass is 16.1. The molecule has 1 N–H and O–H groups in total. The van der Waals surface area contributed by atoms with E-state index >= 15 is 0 Å². The van der Waals surface area contributed by atoms with Crippen molar-refractivity contribution in [1.82, 2.24) is 5.32 Å². The van der Waals surface area contributed by atoms with Crippen LogP contribution >= 0.6 is 0 Å². The van der Waals surface area contributed by atoms with Crippen LogP contribution in [0.2, 0.25) is 0 Å². The van der Waals surface area contributed by atoms with Gasteiger partial charge >= 0.3 is 0 Å². The second-order valence-corrected chi connectivity index (χ2v) is 4.45. The van der Waals surface area contributed by atoms with Gasteiger partial charge in [-0.05, 0) is 38.3 Å². The molecule has 0 bridgehead atoms. The number of unbranched alkanes of at least 4 members (excludes halogenated alkanes) is 1. The zero-order valence-electron chi connectivity index (χ0n) is 11.1. The second kappa shape index (κ2) is 9.60. The van der Waals surface area contributed by atoms with Crippen molar-refractivity contribution in [2.24, 2.45) is 0 Å². The molecule has 0 aliphatic carbocycles. The maximum Gasteiger partial charge on any atom is 0.120 e. The van der Waals surface area contributed by atoms with E-state index in [4.69, 9.17) is 0 Å². The molecule has 0 spiro atoms. The summed E-state index contributed by atoms with van der Waals surface area (Å²) in [5.74, 6) is 0. The number of benzene rings is 1. The van der Waals surface area contributed by atoms with Gasteiger partial charge in [-0.2, -0.15) is 0 Å². The lowest BCUT2D eigenvalue weighted by molar-refractivity contribution is -0.107. The average Bonchev–Trinajstić information content (AvgIpc) is 2.42. The van der Waals surface area contributed by atoms with Gasteiger partial charge in [0.05, 0.1) is 0 Å². The van der Waals surface area contributed by atoms with Gasteiger partial charge < -0.3 is 10.1 Å². The van der Waals surface area contributed by atoms with Gasteiger partial charge in [-0.15, -0.1) is 0 Å². The van der Waals surface area contributed by atoms with Crippen LogP contribution in [-0.4, -0.2) is 19.4 Å². The lowest BCUT2D eigenvalue weighted by atomic mass is 10.0. The zero-order valence-corrected chi connectivity index (χ0v) is 11.1. The molecule has 98 valence electrons. The molecule has 0 fully saturated rings. The highest BCUT2D eigenvalue weighted by molar-refractivity contribution is 5.49. The summed E-state index contributed by atoms with van der Waals surface area (Å²) in [6.07, 6.45) is 10.1. The number of likely N-dealkylation sites (N-methyl/N-ethyl adjacent to an activating group) is 1. The van der Waals surface area contributed by atoms with E-state index in [2.05, 4.69) is 47.8 Å². The van der Waals surface area contributed by atoms with Crippen molar-refractivity contribution in [2.45, 2.75) is 38.1 Å². The standard InChI is InChI=1S/C16H23NO/c1-17-16(12-6-3-7-14-18)13-8-11-15-9-4-2-5-10-15/h2,4-6,9-10,12,14,16-17H,3,7-8,11,13H2,1H3/b12-6+. The fourth-order valence-corrected chi connectivity index (χ4v) is 1.93. The van der Waals surface area contributed by atoms with Crippen LogP contribution in [0.4, 0.5) is 0 Å². The largest absolute Gasteiger partial charge is 0.314 e. The number of aldehydes is 1. The van der Waals surface area contributed by atoms with Gasteiger partial charge in [0.1, 0.15) is 6.29 Å². The highest BCUT2D eigenvalue weighted by Gasteiger charge is 2.01. The number of nitrogens with one attached hydrogen (secondary N) is 1. The van der Waals surface area contributed by atoms with E-state index in [1.807, 2.05) is 7.05 Å². The molecule has 0 saturated heterocycles. The molecule has 0 aliphatic heterocycles. The topological polar surface area (TPSA) is 29.1 Å². The van der Waals surface area contributed by atoms with E-state index in [-0.39, 0.29) is 0 Å². The van der Waals surface area contributed by atoms with Crippen molar-refractivity contribution in [3.63, 3.8) is 0 Å². The molecule has 18 heavy (non-hydrogen) atoms. The molecule has 0 heterocycles. The third kappa shape index (κ3) is 6.36. The van der Waals surface area contributed by atoms with E-state index in [1.165, 1.54) is 12.0 Å². The Morgan fingerprint density at radius 1 is 1.22 bits per heavy atom. The van der Waals surface area contributed by atoms with E-state index in [9.17, 15) is 4.79 Å². The number of hydrogen-bond donors (Lipinski definition) is 1. The molecule has 2 heteroatoms. The summed E-state index contributed by atoms with van der Waals surface area (Å²) in [6, 6.07) is 11.0. The summed E-state index contributed by atoms with van der Waals surface area (Å²) in [5.41, 5.74) is 1.40. The number of rotatable bonds is 9. The summed E-state index contributed by atoms with van der Waals surface area (Å²) >= 11 is 0. The van der Waals surface area contributed by atoms with Crippen molar-refractivity contribution in [3.8, 4) is 0 Å². The third-order valence-electron chi connectivity index (χ3n) is 3.01. The van der Waals surface area contributed by atoms with Crippen molar-refractivity contribution >= 4 is 6.29 Å². The van der Waals surface area contributed by atoms with Gasteiger partial charge in [0.2, 0.25) is 0 Å². The molecule has 0 amide bonds.